The Bertz CT molecular complexity index is 1720. The second-order valence-electron chi connectivity index (χ2n) is 12.4. The van der Waals surface area contributed by atoms with Gasteiger partial charge in [-0.15, -0.1) is 0 Å². The Morgan fingerprint density at radius 3 is 1.44 bits per heavy atom. The molecule has 50 heavy (non-hydrogen) atoms. The number of ether oxygens (including phenoxy) is 4. The summed E-state index contributed by atoms with van der Waals surface area (Å²) in [5.41, 5.74) is 0.221. The van der Waals surface area contributed by atoms with Crippen molar-refractivity contribution in [3.05, 3.63) is 68.0 Å². The molecule has 12 nitrogen and oxygen atoms in total. The summed E-state index contributed by atoms with van der Waals surface area (Å²) in [6.07, 6.45) is 0. The number of methoxy groups -OCH3 is 2. The second kappa shape index (κ2) is 17.2. The first-order valence-corrected chi connectivity index (χ1v) is 17.1. The van der Waals surface area contributed by atoms with Gasteiger partial charge in [-0.3, -0.25) is 24.0 Å². The van der Waals surface area contributed by atoms with E-state index in [0.29, 0.717) is 42.9 Å². The minimum Gasteiger partial charge on any atom is -0.509 e. The maximum Gasteiger partial charge on any atom is 0.310 e. The van der Waals surface area contributed by atoms with Crippen LogP contribution in [0.4, 0.5) is 0 Å². The summed E-state index contributed by atoms with van der Waals surface area (Å²) in [7, 11) is 3.07. The van der Waals surface area contributed by atoms with Crippen molar-refractivity contribution in [3.8, 4) is 11.5 Å². The lowest BCUT2D eigenvalue weighted by Crippen LogP contribution is -2.46. The molecule has 2 atom stereocenters. The lowest BCUT2D eigenvalue weighted by Gasteiger charge is -2.31. The van der Waals surface area contributed by atoms with E-state index in [1.807, 2.05) is 65.8 Å². The van der Waals surface area contributed by atoms with Crippen molar-refractivity contribution in [2.45, 2.75) is 73.4 Å². The van der Waals surface area contributed by atoms with Gasteiger partial charge in [0.15, 0.2) is 0 Å². The number of carbonyl (C=O) groups excluding carboxylic acids is 5. The third kappa shape index (κ3) is 9.13. The monoisotopic (exact) mass is 822 g/mol. The highest BCUT2D eigenvalue weighted by Gasteiger charge is 2.48. The molecule has 2 unspecified atom stereocenters. The summed E-state index contributed by atoms with van der Waals surface area (Å²) in [4.78, 5) is 56.2. The van der Waals surface area contributed by atoms with Crippen molar-refractivity contribution >= 4 is 72.7 Å². The zero-order valence-electron chi connectivity index (χ0n) is 30.0. The van der Waals surface area contributed by atoms with Gasteiger partial charge in [0.1, 0.15) is 23.0 Å². The van der Waals surface area contributed by atoms with Gasteiger partial charge in [0.05, 0.1) is 36.4 Å². The number of aliphatic hydroxyl groups is 1. The maximum atomic E-state index is 12.7. The largest absolute Gasteiger partial charge is 0.509 e. The number of rotatable bonds is 7. The number of nitrogens with one attached hydrogen (secondary N) is 2. The molecule has 14 heteroatoms. The summed E-state index contributed by atoms with van der Waals surface area (Å²) in [6.45, 7) is 15.2. The molecule has 0 radical (unpaired) electrons. The number of aliphatic hydroxyl groups excluding tert-OH is 1. The molecule has 2 aliphatic heterocycles. The normalized spacial score (nSPS) is 19.6. The maximum absolute atomic E-state index is 12.7. The van der Waals surface area contributed by atoms with E-state index in [1.54, 1.807) is 12.1 Å². The first kappa shape index (κ1) is 42.0. The molecule has 0 saturated carbocycles. The van der Waals surface area contributed by atoms with Crippen LogP contribution in [0.25, 0.3) is 11.1 Å². The third-order valence-corrected chi connectivity index (χ3v) is 9.68. The Morgan fingerprint density at radius 1 is 0.700 bits per heavy atom. The van der Waals surface area contributed by atoms with E-state index in [4.69, 9.17) is 14.2 Å². The first-order chi connectivity index (χ1) is 23.2. The molecular formula is C36H44Br2N2O10. The van der Waals surface area contributed by atoms with Crippen LogP contribution in [0.15, 0.2) is 56.9 Å². The highest BCUT2D eigenvalue weighted by molar-refractivity contribution is 9.10. The van der Waals surface area contributed by atoms with Crippen LogP contribution in [0.2, 0.25) is 0 Å². The lowest BCUT2D eigenvalue weighted by atomic mass is 9.86. The number of amides is 2. The number of esters is 3. The zero-order valence-corrected chi connectivity index (χ0v) is 33.2. The van der Waals surface area contributed by atoms with Gasteiger partial charge in [-0.1, -0.05) is 71.7 Å². The summed E-state index contributed by atoms with van der Waals surface area (Å²) in [5, 5.41) is 16.4. The van der Waals surface area contributed by atoms with Gasteiger partial charge in [-0.05, 0) is 49.9 Å². The average Bonchev–Trinajstić information content (AvgIpc) is 3.40. The molecule has 0 fully saturated rings. The van der Waals surface area contributed by atoms with E-state index in [0.717, 1.165) is 0 Å². The van der Waals surface area contributed by atoms with E-state index in [2.05, 4.69) is 47.2 Å². The molecule has 4 rings (SSSR count). The Morgan fingerprint density at radius 2 is 1.10 bits per heavy atom. The molecule has 0 bridgehead atoms. The smallest absolute Gasteiger partial charge is 0.310 e. The molecule has 2 aromatic carbocycles. The first-order valence-electron chi connectivity index (χ1n) is 15.5. The van der Waals surface area contributed by atoms with Crippen LogP contribution in [-0.2, 0) is 33.4 Å². The van der Waals surface area contributed by atoms with Crippen LogP contribution < -0.4 is 20.1 Å². The Balaban J connectivity index is 0.000000294. The molecule has 3 N–H and O–H groups in total. The molecule has 2 heterocycles. The van der Waals surface area contributed by atoms with Gasteiger partial charge in [-0.25, -0.2) is 0 Å². The van der Waals surface area contributed by atoms with Crippen LogP contribution in [0.5, 0.6) is 11.5 Å². The van der Waals surface area contributed by atoms with E-state index < -0.39 is 29.0 Å². The molecule has 2 amide bonds. The van der Waals surface area contributed by atoms with E-state index >= 15 is 0 Å². The summed E-state index contributed by atoms with van der Waals surface area (Å²) < 4.78 is 21.5. The Labute approximate surface area is 309 Å². The van der Waals surface area contributed by atoms with Gasteiger partial charge >= 0.3 is 17.9 Å². The van der Waals surface area contributed by atoms with Gasteiger partial charge in [0, 0.05) is 40.8 Å². The second-order valence-corrected chi connectivity index (χ2v) is 14.1. The molecule has 2 aliphatic rings. The molecule has 0 saturated heterocycles. The molecule has 0 aromatic heterocycles. The lowest BCUT2D eigenvalue weighted by molar-refractivity contribution is -0.156. The van der Waals surface area contributed by atoms with Crippen LogP contribution >= 0.6 is 31.9 Å². The average molecular weight is 825 g/mol. The third-order valence-electron chi connectivity index (χ3n) is 8.36. The summed E-state index contributed by atoms with van der Waals surface area (Å²) in [6, 6.07) is 10.8. The van der Waals surface area contributed by atoms with Crippen molar-refractivity contribution in [3.63, 3.8) is 0 Å². The molecule has 2 aromatic rings. The van der Waals surface area contributed by atoms with E-state index in [9.17, 15) is 29.1 Å². The fourth-order valence-electron chi connectivity index (χ4n) is 5.06. The Kier molecular flexibility index (Phi) is 14.4. The van der Waals surface area contributed by atoms with Crippen molar-refractivity contribution in [1.82, 2.24) is 10.6 Å². The van der Waals surface area contributed by atoms with Gasteiger partial charge in [0.2, 0.25) is 0 Å². The van der Waals surface area contributed by atoms with Crippen LogP contribution in [-0.4, -0.2) is 60.1 Å². The van der Waals surface area contributed by atoms with Crippen LogP contribution in [0, 0.1) is 11.8 Å². The predicted molar refractivity (Wildman–Crippen MR) is 195 cm³/mol. The van der Waals surface area contributed by atoms with Crippen molar-refractivity contribution in [1.29, 1.82) is 0 Å². The fourth-order valence-corrected chi connectivity index (χ4v) is 6.16. The molecule has 0 aliphatic carbocycles. The van der Waals surface area contributed by atoms with Crippen molar-refractivity contribution in [2.24, 2.45) is 11.8 Å². The van der Waals surface area contributed by atoms with Crippen LogP contribution in [0.1, 0.15) is 73.4 Å². The molecular weight excluding hydrogens is 780 g/mol. The van der Waals surface area contributed by atoms with Gasteiger partial charge in [-0.2, -0.15) is 0 Å². The minimum atomic E-state index is -0.765. The van der Waals surface area contributed by atoms with Gasteiger partial charge in [0.25, 0.3) is 11.8 Å². The number of halogens is 2. The highest BCUT2D eigenvalue weighted by atomic mass is 79.9. The highest BCUT2D eigenvalue weighted by Crippen LogP contribution is 2.44. The van der Waals surface area contributed by atoms with Crippen molar-refractivity contribution < 1.29 is 48.0 Å². The Hall–Kier alpha value is -4.17. The quantitative estimate of drug-likeness (QED) is 0.204. The van der Waals surface area contributed by atoms with E-state index in [-0.39, 0.29) is 35.0 Å². The minimum absolute atomic E-state index is 0.0341. The summed E-state index contributed by atoms with van der Waals surface area (Å²) >= 11 is 6.88. The van der Waals surface area contributed by atoms with E-state index in [1.165, 1.54) is 35.0 Å². The van der Waals surface area contributed by atoms with Crippen LogP contribution in [0.3, 0.4) is 0 Å². The zero-order chi connectivity index (χ0) is 38.3. The molecule has 0 spiro atoms. The van der Waals surface area contributed by atoms with Gasteiger partial charge < -0.3 is 34.7 Å². The number of hydrogen-bond donors (Lipinski definition) is 3. The summed E-state index contributed by atoms with van der Waals surface area (Å²) in [5.74, 6) is -0.605. The predicted octanol–water partition coefficient (Wildman–Crippen LogP) is 6.64. The molecule has 272 valence electrons. The number of hydrogen-bond acceptors (Lipinski definition) is 10. The number of carbonyl (C=O) groups is 5. The fraction of sp³-hybridized carbons (Fsp3) is 0.417. The topological polar surface area (TPSA) is 167 Å². The van der Waals surface area contributed by atoms with Crippen molar-refractivity contribution in [2.75, 3.05) is 14.2 Å². The standard InChI is InChI=1S/C17H20BrNO4.C15H18BrNO3.C4H6O3/c1-9(2)17(4)15(23-10(3)20)14(16(21)19-17)13-11(18)7-6-8-12(13)22-5;1-8(2)15(3)13(18)12(14(19)17-15)11-9(16)6-5-7-10(11)20-4;1-3(5)7-4(2)6/h6-9H,1-5H3,(H,19,21);5-8,18H,1-4H3,(H,17,19);1-2H3. The number of benzene rings is 2. The SMILES string of the molecule is CC(=O)OC(C)=O.COc1cccc(Br)c1C1=C(O)C(C)(C(C)C)NC1=O.COc1cccc(Br)c1C1=C(OC(C)=O)C(C)(C(C)C)NC1=O.